The summed E-state index contributed by atoms with van der Waals surface area (Å²) >= 11 is 0. The third-order valence-corrected chi connectivity index (χ3v) is 9.49. The number of urea groups is 1. The van der Waals surface area contributed by atoms with E-state index in [9.17, 15) is 40.3 Å². The number of amides is 4. The predicted octanol–water partition coefficient (Wildman–Crippen LogP) is 6.94. The number of rotatable bonds is 8. The van der Waals surface area contributed by atoms with E-state index >= 15 is 0 Å². The number of hydrogen-bond acceptors (Lipinski definition) is 7. The molecule has 4 amide bonds. The van der Waals surface area contributed by atoms with Crippen LogP contribution >= 0.6 is 0 Å². The fourth-order valence-corrected chi connectivity index (χ4v) is 6.46. The summed E-state index contributed by atoms with van der Waals surface area (Å²) in [7, 11) is -8.93. The third kappa shape index (κ3) is 8.03. The Hall–Kier alpha value is -6.13. The van der Waals surface area contributed by atoms with Gasteiger partial charge in [0.15, 0.2) is 0 Å². The van der Waals surface area contributed by atoms with Crippen molar-refractivity contribution in [3.05, 3.63) is 132 Å². The number of nitrogens with one attached hydrogen (secondary N) is 4. The molecule has 13 nitrogen and oxygen atoms in total. The summed E-state index contributed by atoms with van der Waals surface area (Å²) in [6, 6.07) is 27.9. The van der Waals surface area contributed by atoms with Crippen molar-refractivity contribution >= 4 is 82.4 Å². The number of benzene rings is 6. The Kier molecular flexibility index (Phi) is 9.29. The number of carbonyl (C=O) groups is 3. The second kappa shape index (κ2) is 13.6. The molecule has 6 aromatic carbocycles. The molecule has 0 aromatic heterocycles. The second-order valence-electron chi connectivity index (χ2n) is 11.5. The Morgan fingerprint density at radius 2 is 0.980 bits per heavy atom. The van der Waals surface area contributed by atoms with Gasteiger partial charge >= 0.3 is 6.03 Å². The average Bonchev–Trinajstić information content (AvgIpc) is 3.07. The zero-order chi connectivity index (χ0) is 36.5. The number of aryl methyl sites for hydroxylation is 1. The summed E-state index contributed by atoms with van der Waals surface area (Å²) in [6.45, 7) is 1.86. The van der Waals surface area contributed by atoms with Gasteiger partial charge < -0.3 is 21.3 Å². The number of carbonyl (C=O) groups excluding carboxylic acids is 3. The van der Waals surface area contributed by atoms with E-state index in [1.807, 2.05) is 13.0 Å². The van der Waals surface area contributed by atoms with Crippen LogP contribution in [0.5, 0.6) is 0 Å². The van der Waals surface area contributed by atoms with E-state index in [-0.39, 0.29) is 26.6 Å². The van der Waals surface area contributed by atoms with Gasteiger partial charge in [-0.3, -0.25) is 18.7 Å². The summed E-state index contributed by atoms with van der Waals surface area (Å²) in [5, 5.41) is 12.7. The summed E-state index contributed by atoms with van der Waals surface area (Å²) in [6.07, 6.45) is 0. The lowest BCUT2D eigenvalue weighted by atomic mass is 10.1. The molecule has 0 radical (unpaired) electrons. The monoisotopic (exact) mass is 724 g/mol. The SMILES string of the molecule is Cc1cccc(NC(=O)Nc2cc(C(=O)Nc3cccc4cc(S(=O)(=O)O)ccc34)cc(C(=O)Nc3cccc4cc(S(=O)(=O)O)ccc34)c2)c1. The minimum atomic E-state index is -4.47. The highest BCUT2D eigenvalue weighted by molar-refractivity contribution is 7.86. The molecule has 0 aliphatic rings. The molecule has 51 heavy (non-hydrogen) atoms. The average molecular weight is 725 g/mol. The van der Waals surface area contributed by atoms with Crippen LogP contribution in [0.2, 0.25) is 0 Å². The van der Waals surface area contributed by atoms with E-state index < -0.39 is 38.1 Å². The van der Waals surface area contributed by atoms with E-state index in [4.69, 9.17) is 0 Å². The van der Waals surface area contributed by atoms with Crippen LogP contribution in [0.3, 0.4) is 0 Å². The molecule has 0 saturated heterocycles. The molecule has 0 heterocycles. The maximum absolute atomic E-state index is 13.7. The molecular formula is C36H28N4O9S2. The summed E-state index contributed by atoms with van der Waals surface area (Å²) in [5.41, 5.74) is 2.11. The lowest BCUT2D eigenvalue weighted by Crippen LogP contribution is -2.21. The van der Waals surface area contributed by atoms with E-state index in [1.165, 1.54) is 54.6 Å². The summed E-state index contributed by atoms with van der Waals surface area (Å²) in [5.74, 6) is -1.33. The van der Waals surface area contributed by atoms with Gasteiger partial charge in [0.05, 0.1) is 9.79 Å². The zero-order valence-corrected chi connectivity index (χ0v) is 28.2. The van der Waals surface area contributed by atoms with Crippen LogP contribution in [-0.2, 0) is 20.2 Å². The predicted molar refractivity (Wildman–Crippen MR) is 194 cm³/mol. The van der Waals surface area contributed by atoms with Gasteiger partial charge in [0.2, 0.25) is 0 Å². The number of hydrogen-bond donors (Lipinski definition) is 6. The van der Waals surface area contributed by atoms with Gasteiger partial charge in [0.25, 0.3) is 32.1 Å². The Bertz CT molecular complexity index is 2480. The summed E-state index contributed by atoms with van der Waals surface area (Å²) < 4.78 is 65.5. The molecule has 0 unspecified atom stereocenters. The minimum Gasteiger partial charge on any atom is -0.321 e. The van der Waals surface area contributed by atoms with Crippen LogP contribution in [0.1, 0.15) is 26.3 Å². The maximum Gasteiger partial charge on any atom is 0.323 e. The first-order valence-electron chi connectivity index (χ1n) is 15.1. The van der Waals surface area contributed by atoms with Crippen LogP contribution in [-0.4, -0.2) is 43.8 Å². The van der Waals surface area contributed by atoms with Gasteiger partial charge in [-0.05, 0) is 90.0 Å². The van der Waals surface area contributed by atoms with Crippen LogP contribution in [0, 0.1) is 6.92 Å². The molecule has 258 valence electrons. The molecule has 6 aromatic rings. The van der Waals surface area contributed by atoms with Gasteiger partial charge in [-0.2, -0.15) is 16.8 Å². The van der Waals surface area contributed by atoms with Gasteiger partial charge in [0.1, 0.15) is 0 Å². The number of fused-ring (bicyclic) bond motifs is 2. The van der Waals surface area contributed by atoms with Crippen molar-refractivity contribution in [1.82, 2.24) is 0 Å². The Balaban J connectivity index is 1.34. The Morgan fingerprint density at radius 3 is 1.45 bits per heavy atom. The van der Waals surface area contributed by atoms with Crippen molar-refractivity contribution in [3.8, 4) is 0 Å². The molecule has 0 aliphatic carbocycles. The fraction of sp³-hybridized carbons (Fsp3) is 0.0278. The maximum atomic E-state index is 13.7. The largest absolute Gasteiger partial charge is 0.323 e. The van der Waals surface area contributed by atoms with Crippen LogP contribution < -0.4 is 21.3 Å². The van der Waals surface area contributed by atoms with E-state index in [0.29, 0.717) is 38.6 Å². The highest BCUT2D eigenvalue weighted by atomic mass is 32.2. The lowest BCUT2D eigenvalue weighted by Gasteiger charge is -2.14. The third-order valence-electron chi connectivity index (χ3n) is 7.79. The minimum absolute atomic E-state index is 0.0178. The molecule has 0 atom stereocenters. The highest BCUT2D eigenvalue weighted by Crippen LogP contribution is 2.29. The smallest absolute Gasteiger partial charge is 0.321 e. The van der Waals surface area contributed by atoms with Crippen LogP contribution in [0.15, 0.2) is 125 Å². The second-order valence-corrected chi connectivity index (χ2v) is 14.3. The van der Waals surface area contributed by atoms with Crippen molar-refractivity contribution in [1.29, 1.82) is 0 Å². The van der Waals surface area contributed by atoms with Gasteiger partial charge in [-0.1, -0.05) is 48.5 Å². The first kappa shape index (κ1) is 34.7. The topological polar surface area (TPSA) is 208 Å². The zero-order valence-electron chi connectivity index (χ0n) is 26.5. The van der Waals surface area contributed by atoms with Crippen LogP contribution in [0.4, 0.5) is 27.5 Å². The number of anilines is 4. The molecular weight excluding hydrogens is 697 g/mol. The lowest BCUT2D eigenvalue weighted by molar-refractivity contribution is 0.102. The first-order chi connectivity index (χ1) is 24.1. The molecule has 0 saturated carbocycles. The van der Waals surface area contributed by atoms with Crippen molar-refractivity contribution in [2.24, 2.45) is 0 Å². The molecule has 0 bridgehead atoms. The molecule has 15 heteroatoms. The standard InChI is InChI=1S/C36H28N4O9S2/c1-21-5-2-8-26(15-21)37-36(43)38-27-17-24(34(41)39-32-9-3-6-22-19-28(50(44,45)46)11-13-30(22)32)16-25(18-27)35(42)40-33-10-4-7-23-20-29(51(47,48)49)12-14-31(23)33/h2-20H,1H3,(H,39,41)(H,40,42)(H2,37,38,43)(H,44,45,46)(H,47,48,49). The molecule has 6 N–H and O–H groups in total. The van der Waals surface area contributed by atoms with Crippen molar-refractivity contribution in [2.75, 3.05) is 21.3 Å². The molecule has 0 spiro atoms. The van der Waals surface area contributed by atoms with E-state index in [0.717, 1.165) is 5.56 Å². The van der Waals surface area contributed by atoms with Crippen molar-refractivity contribution < 1.29 is 40.3 Å². The quantitative estimate of drug-likeness (QED) is 0.0897. The molecule has 6 rings (SSSR count). The fourth-order valence-electron chi connectivity index (χ4n) is 5.43. The van der Waals surface area contributed by atoms with Gasteiger partial charge in [0, 0.05) is 44.6 Å². The van der Waals surface area contributed by atoms with E-state index in [2.05, 4.69) is 21.3 Å². The molecule has 0 aliphatic heterocycles. The highest BCUT2D eigenvalue weighted by Gasteiger charge is 2.18. The van der Waals surface area contributed by atoms with Gasteiger partial charge in [-0.25, -0.2) is 4.79 Å². The van der Waals surface area contributed by atoms with Crippen molar-refractivity contribution in [3.63, 3.8) is 0 Å². The summed E-state index contributed by atoms with van der Waals surface area (Å²) in [4.78, 5) is 39.7. The molecule has 0 fully saturated rings. The first-order valence-corrected chi connectivity index (χ1v) is 18.0. The van der Waals surface area contributed by atoms with Crippen LogP contribution in [0.25, 0.3) is 21.5 Å². The normalized spacial score (nSPS) is 11.6. The van der Waals surface area contributed by atoms with E-state index in [1.54, 1.807) is 54.6 Å². The Labute approximate surface area is 291 Å². The van der Waals surface area contributed by atoms with Crippen molar-refractivity contribution in [2.45, 2.75) is 16.7 Å². The Morgan fingerprint density at radius 1 is 0.510 bits per heavy atom. The van der Waals surface area contributed by atoms with Gasteiger partial charge in [-0.15, -0.1) is 0 Å².